The Morgan fingerprint density at radius 1 is 1.28 bits per heavy atom. The lowest BCUT2D eigenvalue weighted by Gasteiger charge is -2.08. The van der Waals surface area contributed by atoms with E-state index < -0.39 is 0 Å². The number of nitrogens with one attached hydrogen (secondary N) is 1. The molecular formula is C13H14BrN3O. The van der Waals surface area contributed by atoms with Crippen molar-refractivity contribution in [3.8, 4) is 5.88 Å². The molecule has 0 bridgehead atoms. The molecule has 1 heterocycles. The number of nitrogens with zero attached hydrogens (tertiary/aromatic N) is 2. The highest BCUT2D eigenvalue weighted by Crippen LogP contribution is 2.23. The van der Waals surface area contributed by atoms with E-state index in [1.165, 1.54) is 0 Å². The number of aromatic nitrogens is 2. The summed E-state index contributed by atoms with van der Waals surface area (Å²) in [4.78, 5) is 8.42. The summed E-state index contributed by atoms with van der Waals surface area (Å²) in [7, 11) is 0. The molecule has 5 heteroatoms. The molecule has 0 fully saturated rings. The van der Waals surface area contributed by atoms with Crippen molar-refractivity contribution in [3.63, 3.8) is 0 Å². The number of hydrogen-bond donors (Lipinski definition) is 1. The van der Waals surface area contributed by atoms with Crippen LogP contribution in [0.3, 0.4) is 0 Å². The first kappa shape index (κ1) is 12.8. The van der Waals surface area contributed by atoms with Crippen molar-refractivity contribution in [3.05, 3.63) is 46.6 Å². The second kappa shape index (κ2) is 6.35. The SMILES string of the molecule is CCNc1ncc(Br)c(OCc2ccccc2)n1. The van der Waals surface area contributed by atoms with Crippen LogP contribution in [0.1, 0.15) is 12.5 Å². The van der Waals surface area contributed by atoms with Gasteiger partial charge in [-0.1, -0.05) is 30.3 Å². The fourth-order valence-corrected chi connectivity index (χ4v) is 1.73. The van der Waals surface area contributed by atoms with Crippen molar-refractivity contribution in [1.29, 1.82) is 0 Å². The number of ether oxygens (including phenoxy) is 1. The number of rotatable bonds is 5. The van der Waals surface area contributed by atoms with Crippen molar-refractivity contribution >= 4 is 21.9 Å². The van der Waals surface area contributed by atoms with E-state index in [1.807, 2.05) is 37.3 Å². The Morgan fingerprint density at radius 2 is 2.06 bits per heavy atom. The summed E-state index contributed by atoms with van der Waals surface area (Å²) in [5.41, 5.74) is 1.10. The van der Waals surface area contributed by atoms with Gasteiger partial charge in [0.2, 0.25) is 11.8 Å². The van der Waals surface area contributed by atoms with Gasteiger partial charge < -0.3 is 10.1 Å². The molecule has 0 spiro atoms. The summed E-state index contributed by atoms with van der Waals surface area (Å²) in [5.74, 6) is 1.12. The summed E-state index contributed by atoms with van der Waals surface area (Å²) in [5, 5.41) is 3.05. The fraction of sp³-hybridized carbons (Fsp3) is 0.231. The van der Waals surface area contributed by atoms with Gasteiger partial charge in [0.1, 0.15) is 6.61 Å². The van der Waals surface area contributed by atoms with Gasteiger partial charge in [0.05, 0.1) is 10.7 Å². The van der Waals surface area contributed by atoms with Gasteiger partial charge in [-0.05, 0) is 28.4 Å². The van der Waals surface area contributed by atoms with Gasteiger partial charge in [0, 0.05) is 6.54 Å². The van der Waals surface area contributed by atoms with E-state index in [4.69, 9.17) is 4.74 Å². The molecule has 94 valence electrons. The minimum atomic E-state index is 0.488. The summed E-state index contributed by atoms with van der Waals surface area (Å²) < 4.78 is 6.42. The van der Waals surface area contributed by atoms with E-state index in [2.05, 4.69) is 31.2 Å². The number of anilines is 1. The van der Waals surface area contributed by atoms with Gasteiger partial charge >= 0.3 is 0 Å². The predicted octanol–water partition coefficient (Wildman–Crippen LogP) is 3.25. The maximum Gasteiger partial charge on any atom is 0.233 e. The predicted molar refractivity (Wildman–Crippen MR) is 74.7 cm³/mol. The van der Waals surface area contributed by atoms with E-state index in [0.29, 0.717) is 18.4 Å². The minimum absolute atomic E-state index is 0.488. The monoisotopic (exact) mass is 307 g/mol. The van der Waals surface area contributed by atoms with E-state index in [9.17, 15) is 0 Å². The van der Waals surface area contributed by atoms with Crippen LogP contribution in [-0.2, 0) is 6.61 Å². The summed E-state index contributed by atoms with van der Waals surface area (Å²) >= 11 is 3.38. The lowest BCUT2D eigenvalue weighted by atomic mass is 10.2. The largest absolute Gasteiger partial charge is 0.472 e. The standard InChI is InChI=1S/C13H14BrN3O/c1-2-15-13-16-8-11(14)12(17-13)18-9-10-6-4-3-5-7-10/h3-8H,2,9H2,1H3,(H,15,16,17). The molecule has 0 aliphatic carbocycles. The van der Waals surface area contributed by atoms with Gasteiger partial charge in [0.15, 0.2) is 0 Å². The molecule has 0 saturated heterocycles. The highest BCUT2D eigenvalue weighted by molar-refractivity contribution is 9.10. The average molecular weight is 308 g/mol. The second-order valence-corrected chi connectivity index (χ2v) is 4.51. The molecule has 18 heavy (non-hydrogen) atoms. The molecule has 0 aliphatic rings. The Kier molecular flexibility index (Phi) is 4.52. The van der Waals surface area contributed by atoms with Gasteiger partial charge in [-0.25, -0.2) is 4.98 Å². The van der Waals surface area contributed by atoms with E-state index in [-0.39, 0.29) is 0 Å². The quantitative estimate of drug-likeness (QED) is 0.921. The van der Waals surface area contributed by atoms with Gasteiger partial charge in [-0.2, -0.15) is 4.98 Å². The average Bonchev–Trinajstić information content (AvgIpc) is 2.41. The van der Waals surface area contributed by atoms with Gasteiger partial charge in [0.25, 0.3) is 0 Å². The first-order valence-corrected chi connectivity index (χ1v) is 6.52. The molecule has 0 radical (unpaired) electrons. The van der Waals surface area contributed by atoms with Crippen molar-refractivity contribution in [2.24, 2.45) is 0 Å². The first-order valence-electron chi connectivity index (χ1n) is 5.72. The Bertz CT molecular complexity index is 505. The molecule has 0 aliphatic heterocycles. The highest BCUT2D eigenvalue weighted by atomic mass is 79.9. The molecule has 2 aromatic rings. The van der Waals surface area contributed by atoms with Crippen molar-refractivity contribution in [2.75, 3.05) is 11.9 Å². The van der Waals surface area contributed by atoms with Crippen LogP contribution in [0.4, 0.5) is 5.95 Å². The van der Waals surface area contributed by atoms with Crippen LogP contribution in [0.5, 0.6) is 5.88 Å². The Hall–Kier alpha value is -1.62. The van der Waals surface area contributed by atoms with Crippen LogP contribution >= 0.6 is 15.9 Å². The lowest BCUT2D eigenvalue weighted by molar-refractivity contribution is 0.291. The normalized spacial score (nSPS) is 10.1. The lowest BCUT2D eigenvalue weighted by Crippen LogP contribution is -2.04. The Labute approximate surface area is 115 Å². The third-order valence-electron chi connectivity index (χ3n) is 2.27. The first-order chi connectivity index (χ1) is 8.79. The molecule has 0 amide bonds. The zero-order valence-corrected chi connectivity index (χ0v) is 11.6. The molecule has 4 nitrogen and oxygen atoms in total. The highest BCUT2D eigenvalue weighted by Gasteiger charge is 2.06. The summed E-state index contributed by atoms with van der Waals surface area (Å²) in [6.45, 7) is 3.26. The van der Waals surface area contributed by atoms with Crippen LogP contribution < -0.4 is 10.1 Å². The molecule has 0 unspecified atom stereocenters. The summed E-state index contributed by atoms with van der Waals surface area (Å²) in [6, 6.07) is 9.98. The molecule has 0 saturated carbocycles. The van der Waals surface area contributed by atoms with Crippen LogP contribution in [0.15, 0.2) is 41.0 Å². The van der Waals surface area contributed by atoms with Gasteiger partial charge in [-0.15, -0.1) is 0 Å². The fourth-order valence-electron chi connectivity index (χ4n) is 1.42. The molecule has 2 rings (SSSR count). The topological polar surface area (TPSA) is 47.0 Å². The summed E-state index contributed by atoms with van der Waals surface area (Å²) in [6.07, 6.45) is 1.69. The minimum Gasteiger partial charge on any atom is -0.472 e. The Balaban J connectivity index is 2.06. The van der Waals surface area contributed by atoms with Crippen LogP contribution in [0.25, 0.3) is 0 Å². The van der Waals surface area contributed by atoms with Crippen LogP contribution in [0.2, 0.25) is 0 Å². The smallest absolute Gasteiger partial charge is 0.233 e. The maximum absolute atomic E-state index is 5.67. The van der Waals surface area contributed by atoms with E-state index in [1.54, 1.807) is 6.20 Å². The Morgan fingerprint density at radius 3 is 2.78 bits per heavy atom. The molecule has 1 N–H and O–H groups in total. The third kappa shape index (κ3) is 3.43. The van der Waals surface area contributed by atoms with Gasteiger partial charge in [-0.3, -0.25) is 0 Å². The third-order valence-corrected chi connectivity index (χ3v) is 2.81. The second-order valence-electron chi connectivity index (χ2n) is 3.65. The van der Waals surface area contributed by atoms with E-state index in [0.717, 1.165) is 16.6 Å². The van der Waals surface area contributed by atoms with Crippen molar-refractivity contribution < 1.29 is 4.74 Å². The molecular weight excluding hydrogens is 294 g/mol. The molecule has 1 aromatic carbocycles. The van der Waals surface area contributed by atoms with E-state index >= 15 is 0 Å². The molecule has 0 atom stereocenters. The zero-order valence-electron chi connectivity index (χ0n) is 10.1. The van der Waals surface area contributed by atoms with Crippen molar-refractivity contribution in [2.45, 2.75) is 13.5 Å². The zero-order chi connectivity index (χ0) is 12.8. The van der Waals surface area contributed by atoms with Crippen LogP contribution in [-0.4, -0.2) is 16.5 Å². The number of hydrogen-bond acceptors (Lipinski definition) is 4. The molecule has 1 aromatic heterocycles. The number of benzene rings is 1. The number of halogens is 1. The maximum atomic E-state index is 5.67. The van der Waals surface area contributed by atoms with Crippen molar-refractivity contribution in [1.82, 2.24) is 9.97 Å². The van der Waals surface area contributed by atoms with Crippen LogP contribution in [0, 0.1) is 0 Å².